The number of nitrogens with zero attached hydrogens (tertiary/aromatic N) is 1. The lowest BCUT2D eigenvalue weighted by Crippen LogP contribution is -2.19. The average Bonchev–Trinajstić information content (AvgIpc) is 2.64. The van der Waals surface area contributed by atoms with Crippen LogP contribution in [0.15, 0.2) is 24.5 Å². The fourth-order valence-electron chi connectivity index (χ4n) is 3.14. The standard InChI is InChI=1S/C12H15NO/c14-12(10-4-1-5-11(10)12)7-9-3-2-6-13-8-9/h2-3,6,8,10-11,14H,1,4-5,7H2. The summed E-state index contributed by atoms with van der Waals surface area (Å²) in [6, 6.07) is 4.00. The summed E-state index contributed by atoms with van der Waals surface area (Å²) in [5.74, 6) is 1.17. The van der Waals surface area contributed by atoms with Gasteiger partial charge in [-0.1, -0.05) is 12.5 Å². The number of hydrogen-bond acceptors (Lipinski definition) is 2. The van der Waals surface area contributed by atoms with Gasteiger partial charge in [0.1, 0.15) is 0 Å². The summed E-state index contributed by atoms with van der Waals surface area (Å²) >= 11 is 0. The Morgan fingerprint density at radius 3 is 2.86 bits per heavy atom. The Morgan fingerprint density at radius 2 is 2.21 bits per heavy atom. The zero-order chi connectivity index (χ0) is 9.60. The molecule has 2 nitrogen and oxygen atoms in total. The summed E-state index contributed by atoms with van der Waals surface area (Å²) in [4.78, 5) is 4.08. The zero-order valence-electron chi connectivity index (χ0n) is 8.19. The summed E-state index contributed by atoms with van der Waals surface area (Å²) in [7, 11) is 0. The van der Waals surface area contributed by atoms with Crippen LogP contribution in [-0.2, 0) is 6.42 Å². The van der Waals surface area contributed by atoms with E-state index in [4.69, 9.17) is 0 Å². The molecule has 0 bridgehead atoms. The second-order valence-electron chi connectivity index (χ2n) is 4.67. The van der Waals surface area contributed by atoms with E-state index in [1.54, 1.807) is 6.20 Å². The Morgan fingerprint density at radius 1 is 1.43 bits per heavy atom. The zero-order valence-corrected chi connectivity index (χ0v) is 8.19. The van der Waals surface area contributed by atoms with Gasteiger partial charge in [0.25, 0.3) is 0 Å². The van der Waals surface area contributed by atoms with Crippen LogP contribution in [0.5, 0.6) is 0 Å². The third-order valence-corrected chi connectivity index (χ3v) is 3.90. The molecule has 14 heavy (non-hydrogen) atoms. The molecule has 0 aliphatic heterocycles. The van der Waals surface area contributed by atoms with E-state index < -0.39 is 0 Å². The van der Waals surface area contributed by atoms with E-state index in [1.807, 2.05) is 12.3 Å². The van der Waals surface area contributed by atoms with E-state index in [0.29, 0.717) is 11.8 Å². The van der Waals surface area contributed by atoms with Gasteiger partial charge in [-0.2, -0.15) is 0 Å². The maximum absolute atomic E-state index is 10.3. The van der Waals surface area contributed by atoms with Crippen LogP contribution in [0.3, 0.4) is 0 Å². The van der Waals surface area contributed by atoms with Crippen molar-refractivity contribution in [3.8, 4) is 0 Å². The highest BCUT2D eigenvalue weighted by atomic mass is 16.3. The number of aliphatic hydroxyl groups is 1. The van der Waals surface area contributed by atoms with Crippen molar-refractivity contribution in [2.24, 2.45) is 11.8 Å². The minimum absolute atomic E-state index is 0.374. The molecule has 2 unspecified atom stereocenters. The molecule has 2 atom stereocenters. The molecule has 2 aliphatic carbocycles. The summed E-state index contributed by atoms with van der Waals surface area (Å²) in [6.45, 7) is 0. The molecule has 2 aliphatic rings. The first kappa shape index (κ1) is 8.42. The fourth-order valence-corrected chi connectivity index (χ4v) is 3.14. The minimum Gasteiger partial charge on any atom is -0.389 e. The van der Waals surface area contributed by atoms with Gasteiger partial charge < -0.3 is 5.11 Å². The molecule has 2 heteroatoms. The van der Waals surface area contributed by atoms with Crippen molar-refractivity contribution >= 4 is 0 Å². The lowest BCUT2D eigenvalue weighted by Gasteiger charge is -2.13. The van der Waals surface area contributed by atoms with Crippen molar-refractivity contribution in [2.75, 3.05) is 0 Å². The average molecular weight is 189 g/mol. The quantitative estimate of drug-likeness (QED) is 0.769. The van der Waals surface area contributed by atoms with Crippen molar-refractivity contribution in [3.63, 3.8) is 0 Å². The highest BCUT2D eigenvalue weighted by Crippen LogP contribution is 2.61. The Labute approximate surface area is 84.0 Å². The maximum atomic E-state index is 10.3. The van der Waals surface area contributed by atoms with E-state index >= 15 is 0 Å². The molecule has 1 aromatic rings. The second kappa shape index (κ2) is 2.80. The Bertz CT molecular complexity index is 325. The molecule has 0 aromatic carbocycles. The number of fused-ring (bicyclic) bond motifs is 1. The summed E-state index contributed by atoms with van der Waals surface area (Å²) in [5.41, 5.74) is 0.797. The SMILES string of the molecule is OC1(Cc2cccnc2)C2CCCC21. The van der Waals surface area contributed by atoms with Crippen LogP contribution in [0, 0.1) is 11.8 Å². The summed E-state index contributed by atoms with van der Waals surface area (Å²) in [5, 5.41) is 10.3. The molecule has 0 radical (unpaired) electrons. The Kier molecular flexibility index (Phi) is 1.68. The first-order valence-corrected chi connectivity index (χ1v) is 5.42. The van der Waals surface area contributed by atoms with Gasteiger partial charge in [0, 0.05) is 18.8 Å². The van der Waals surface area contributed by atoms with Gasteiger partial charge in [-0.15, -0.1) is 0 Å². The molecule has 0 spiro atoms. The van der Waals surface area contributed by atoms with Gasteiger partial charge in [0.15, 0.2) is 0 Å². The van der Waals surface area contributed by atoms with Crippen molar-refractivity contribution in [2.45, 2.75) is 31.3 Å². The van der Waals surface area contributed by atoms with Crippen LogP contribution in [0.25, 0.3) is 0 Å². The number of rotatable bonds is 2. The topological polar surface area (TPSA) is 33.1 Å². The molecule has 2 fully saturated rings. The van der Waals surface area contributed by atoms with E-state index in [9.17, 15) is 5.11 Å². The van der Waals surface area contributed by atoms with Crippen LogP contribution in [0.1, 0.15) is 24.8 Å². The third kappa shape index (κ3) is 1.10. The Hall–Kier alpha value is -0.890. The maximum Gasteiger partial charge on any atom is 0.0751 e. The molecule has 74 valence electrons. The third-order valence-electron chi connectivity index (χ3n) is 3.90. The van der Waals surface area contributed by atoms with Gasteiger partial charge in [0.05, 0.1) is 5.60 Å². The summed E-state index contributed by atoms with van der Waals surface area (Å²) in [6.07, 6.45) is 8.21. The van der Waals surface area contributed by atoms with E-state index in [2.05, 4.69) is 11.1 Å². The number of hydrogen-bond donors (Lipinski definition) is 1. The molecular weight excluding hydrogens is 174 g/mol. The molecule has 3 rings (SSSR count). The highest BCUT2D eigenvalue weighted by Gasteiger charge is 2.64. The smallest absolute Gasteiger partial charge is 0.0751 e. The molecule has 1 heterocycles. The van der Waals surface area contributed by atoms with Crippen LogP contribution in [0.4, 0.5) is 0 Å². The normalized spacial score (nSPS) is 39.5. The minimum atomic E-state index is -0.374. The van der Waals surface area contributed by atoms with E-state index in [-0.39, 0.29) is 5.60 Å². The van der Waals surface area contributed by atoms with Crippen LogP contribution < -0.4 is 0 Å². The van der Waals surface area contributed by atoms with Crippen LogP contribution in [0.2, 0.25) is 0 Å². The fraction of sp³-hybridized carbons (Fsp3) is 0.583. The van der Waals surface area contributed by atoms with Crippen LogP contribution >= 0.6 is 0 Å². The predicted molar refractivity (Wildman–Crippen MR) is 53.7 cm³/mol. The largest absolute Gasteiger partial charge is 0.389 e. The second-order valence-corrected chi connectivity index (χ2v) is 4.67. The van der Waals surface area contributed by atoms with E-state index in [1.165, 1.54) is 24.8 Å². The number of aromatic nitrogens is 1. The summed E-state index contributed by atoms with van der Waals surface area (Å²) < 4.78 is 0. The van der Waals surface area contributed by atoms with Crippen molar-refractivity contribution in [1.29, 1.82) is 0 Å². The molecule has 0 amide bonds. The van der Waals surface area contributed by atoms with Gasteiger partial charge >= 0.3 is 0 Å². The van der Waals surface area contributed by atoms with Crippen molar-refractivity contribution in [3.05, 3.63) is 30.1 Å². The van der Waals surface area contributed by atoms with Gasteiger partial charge in [-0.25, -0.2) is 0 Å². The highest BCUT2D eigenvalue weighted by molar-refractivity contribution is 5.22. The van der Waals surface area contributed by atoms with Crippen LogP contribution in [-0.4, -0.2) is 15.7 Å². The first-order valence-electron chi connectivity index (χ1n) is 5.42. The lowest BCUT2D eigenvalue weighted by molar-refractivity contribution is 0.106. The molecule has 0 saturated heterocycles. The number of pyridine rings is 1. The Balaban J connectivity index is 1.75. The first-order chi connectivity index (χ1) is 6.81. The predicted octanol–water partition coefficient (Wildman–Crippen LogP) is 1.79. The molecule has 2 saturated carbocycles. The van der Waals surface area contributed by atoms with Gasteiger partial charge in [-0.05, 0) is 36.3 Å². The molecular formula is C12H15NO. The van der Waals surface area contributed by atoms with Crippen molar-refractivity contribution < 1.29 is 5.11 Å². The van der Waals surface area contributed by atoms with Gasteiger partial charge in [0.2, 0.25) is 0 Å². The lowest BCUT2D eigenvalue weighted by atomic mass is 10.0. The monoisotopic (exact) mass is 189 g/mol. The van der Waals surface area contributed by atoms with Gasteiger partial charge in [-0.3, -0.25) is 4.98 Å². The van der Waals surface area contributed by atoms with Crippen molar-refractivity contribution in [1.82, 2.24) is 4.98 Å². The molecule has 1 aromatic heterocycles. The molecule has 1 N–H and O–H groups in total. The van der Waals surface area contributed by atoms with E-state index in [0.717, 1.165) is 6.42 Å².